The predicted octanol–water partition coefficient (Wildman–Crippen LogP) is -0.949. The quantitative estimate of drug-likeness (QED) is 0.424. The summed E-state index contributed by atoms with van der Waals surface area (Å²) in [6.07, 6.45) is 0. The van der Waals surface area contributed by atoms with Crippen molar-refractivity contribution in [3.05, 3.63) is 0 Å². The summed E-state index contributed by atoms with van der Waals surface area (Å²) < 4.78 is 8.38. The summed E-state index contributed by atoms with van der Waals surface area (Å²) in [4.78, 5) is 0. The average molecular weight is 163 g/mol. The van der Waals surface area contributed by atoms with Gasteiger partial charge in [0.2, 0.25) is 0 Å². The second kappa shape index (κ2) is 40.3. The molecule has 0 aliphatic carbocycles. The van der Waals surface area contributed by atoms with E-state index in [2.05, 4.69) is 0 Å². The molecule has 0 aromatic rings. The Labute approximate surface area is 44.7 Å². The second-order valence-corrected chi connectivity index (χ2v) is 0. The molecular weight excluding hydrogens is 161 g/mol. The van der Waals surface area contributed by atoms with Gasteiger partial charge in [-0.3, -0.25) is 0 Å². The Balaban J connectivity index is -0.00000000500. The van der Waals surface area contributed by atoms with Crippen LogP contribution >= 0.6 is 0 Å². The van der Waals surface area contributed by atoms with E-state index >= 15 is 0 Å². The topological polar surface area (TPSA) is 48.6 Å². The molecule has 0 rings (SSSR count). The van der Waals surface area contributed by atoms with E-state index in [-0.39, 0.29) is 40.8 Å². The van der Waals surface area contributed by atoms with Crippen molar-refractivity contribution in [3.8, 4) is 0 Å². The van der Waals surface area contributed by atoms with E-state index in [9.17, 15) is 0 Å². The van der Waals surface area contributed by atoms with Crippen LogP contribution < -0.4 is 0 Å². The first-order valence-electron chi connectivity index (χ1n) is 0.289. The third kappa shape index (κ3) is 12.9. The van der Waals surface area contributed by atoms with Crippen molar-refractivity contribution in [2.45, 2.75) is 0 Å². The molecule has 0 fully saturated rings. The zero-order valence-electron chi connectivity index (χ0n) is 1.92. The Morgan fingerprint density at radius 1 is 1.25 bits per heavy atom. The van der Waals surface area contributed by atoms with Crippen LogP contribution in [0.4, 0.5) is 0 Å². The van der Waals surface area contributed by atoms with Crippen molar-refractivity contribution >= 4 is 0 Å². The summed E-state index contributed by atoms with van der Waals surface area (Å²) in [6.45, 7) is 0. The van der Waals surface area contributed by atoms with Crippen molar-refractivity contribution < 1.29 is 44.4 Å². The van der Waals surface area contributed by atoms with E-state index in [1.165, 1.54) is 0 Å². The molecule has 0 saturated heterocycles. The minimum absolute atomic E-state index is 0. The molecule has 0 amide bonds. The molecule has 1 radical (unpaired) electrons. The molecule has 4 heteroatoms. The van der Waals surface area contributed by atoms with E-state index in [0.29, 0.717) is 0 Å². The molecule has 0 heterocycles. The Hall–Kier alpha value is 0.903. The summed E-state index contributed by atoms with van der Waals surface area (Å²) in [6, 6.07) is 0. The van der Waals surface area contributed by atoms with Crippen molar-refractivity contribution in [1.82, 2.24) is 0 Å². The molecule has 2 nitrogen and oxygen atoms in total. The van der Waals surface area contributed by atoms with E-state index < -0.39 is 0 Å². The van der Waals surface area contributed by atoms with Gasteiger partial charge < -0.3 is 5.48 Å². The Morgan fingerprint density at radius 2 is 1.25 bits per heavy atom. The fourth-order valence-corrected chi connectivity index (χ4v) is 0. The number of rotatable bonds is 0. The number of hydrogen-bond acceptors (Lipinski definition) is 1. The molecule has 0 atom stereocenters. The summed E-state index contributed by atoms with van der Waals surface area (Å²) in [7, 11) is 0. The maximum absolute atomic E-state index is 8.38. The van der Waals surface area contributed by atoms with Gasteiger partial charge in [-0.25, -0.2) is 0 Å². The average Bonchev–Trinajstić information content (AvgIpc) is 1.00. The molecule has 0 aromatic heterocycles. The molecule has 0 aromatic carbocycles. The van der Waals surface area contributed by atoms with Gasteiger partial charge >= 0.3 is 21.8 Å². The Bertz CT molecular complexity index is 6.00. The molecule has 2 N–H and O–H groups in total. The van der Waals surface area contributed by atoms with Gasteiger partial charge in [0.1, 0.15) is 0 Å². The SMILES string of the molecule is O.[Cu].[O]=[Zn]. The Morgan fingerprint density at radius 3 is 1.25 bits per heavy atom. The first-order chi connectivity index (χ1) is 1.00. The van der Waals surface area contributed by atoms with Gasteiger partial charge in [0, 0.05) is 17.1 Å². The van der Waals surface area contributed by atoms with Crippen LogP contribution in [0.3, 0.4) is 0 Å². The van der Waals surface area contributed by atoms with Crippen molar-refractivity contribution in [3.63, 3.8) is 0 Å². The van der Waals surface area contributed by atoms with Gasteiger partial charge in [0.05, 0.1) is 0 Å². The van der Waals surface area contributed by atoms with Crippen LogP contribution in [0.1, 0.15) is 0 Å². The van der Waals surface area contributed by atoms with Crippen LogP contribution in [0.15, 0.2) is 0 Å². The van der Waals surface area contributed by atoms with Crippen LogP contribution in [0, 0.1) is 0 Å². The Kier molecular flexibility index (Phi) is 208. The first-order valence-corrected chi connectivity index (χ1v) is 1.50. The fourth-order valence-electron chi connectivity index (χ4n) is 0. The monoisotopic (exact) mass is 161 g/mol. The number of hydrogen-bond donors (Lipinski definition) is 0. The van der Waals surface area contributed by atoms with Gasteiger partial charge in [-0.1, -0.05) is 0 Å². The second-order valence-electron chi connectivity index (χ2n) is 0. The summed E-state index contributed by atoms with van der Waals surface area (Å²) in [5.41, 5.74) is 0. The molecule has 4 heavy (non-hydrogen) atoms. The molecule has 0 aliphatic heterocycles. The van der Waals surface area contributed by atoms with Gasteiger partial charge in [-0.2, -0.15) is 0 Å². The van der Waals surface area contributed by atoms with E-state index in [1.54, 1.807) is 0 Å². The minimum atomic E-state index is 0. The maximum atomic E-state index is 8.38. The fraction of sp³-hybridized carbons (Fsp3) is 0. The first kappa shape index (κ1) is 20.6. The normalized spacial score (nSPS) is 1.50. The zero-order chi connectivity index (χ0) is 2.00. The standard InChI is InChI=1S/Cu.H2O.O.Zn/h;1H2;;. The van der Waals surface area contributed by atoms with Crippen molar-refractivity contribution in [2.24, 2.45) is 0 Å². The van der Waals surface area contributed by atoms with E-state index in [4.69, 9.17) is 3.57 Å². The van der Waals surface area contributed by atoms with Crippen molar-refractivity contribution in [2.75, 3.05) is 0 Å². The van der Waals surface area contributed by atoms with Crippen LogP contribution in [0.2, 0.25) is 0 Å². The van der Waals surface area contributed by atoms with Gasteiger partial charge in [-0.05, 0) is 0 Å². The summed E-state index contributed by atoms with van der Waals surface area (Å²) in [5, 5.41) is 0. The molecule has 0 aliphatic rings. The van der Waals surface area contributed by atoms with Crippen molar-refractivity contribution in [1.29, 1.82) is 0 Å². The third-order valence-electron chi connectivity index (χ3n) is 0. The van der Waals surface area contributed by atoms with Crippen LogP contribution in [-0.4, -0.2) is 5.48 Å². The molecule has 27 valence electrons. The summed E-state index contributed by atoms with van der Waals surface area (Å²) >= 11 is 0.125. The van der Waals surface area contributed by atoms with E-state index in [1.807, 2.05) is 0 Å². The summed E-state index contributed by atoms with van der Waals surface area (Å²) in [5.74, 6) is 0. The molecule has 0 spiro atoms. The predicted molar refractivity (Wildman–Crippen MR) is 4.30 cm³/mol. The molecule has 0 unspecified atom stereocenters. The third-order valence-corrected chi connectivity index (χ3v) is 0. The zero-order valence-corrected chi connectivity index (χ0v) is 5.83. The molecule has 0 saturated carbocycles. The molecular formula is H2CuO2Zn. The van der Waals surface area contributed by atoms with E-state index in [0.717, 1.165) is 0 Å². The van der Waals surface area contributed by atoms with Gasteiger partial charge in [0.25, 0.3) is 0 Å². The van der Waals surface area contributed by atoms with Gasteiger partial charge in [-0.15, -0.1) is 0 Å². The molecule has 0 bridgehead atoms. The van der Waals surface area contributed by atoms with Gasteiger partial charge in [0.15, 0.2) is 0 Å². The van der Waals surface area contributed by atoms with Crippen LogP contribution in [-0.2, 0) is 38.9 Å². The van der Waals surface area contributed by atoms with Crippen LogP contribution in [0.5, 0.6) is 0 Å². The van der Waals surface area contributed by atoms with Crippen LogP contribution in [0.25, 0.3) is 0 Å².